The number of benzene rings is 1. The first-order valence-corrected chi connectivity index (χ1v) is 6.16. The molecule has 6 nitrogen and oxygen atoms in total. The Bertz CT molecular complexity index is 712. The van der Waals surface area contributed by atoms with Gasteiger partial charge in [0.05, 0.1) is 5.56 Å². The van der Waals surface area contributed by atoms with Gasteiger partial charge < -0.3 is 10.2 Å². The van der Waals surface area contributed by atoms with Gasteiger partial charge in [-0.05, 0) is 30.0 Å². The molecule has 0 bridgehead atoms. The van der Waals surface area contributed by atoms with Gasteiger partial charge in [0.2, 0.25) is 0 Å². The third kappa shape index (κ3) is 1.77. The van der Waals surface area contributed by atoms with E-state index >= 15 is 0 Å². The van der Waals surface area contributed by atoms with Gasteiger partial charge in [0.15, 0.2) is 5.78 Å². The van der Waals surface area contributed by atoms with E-state index in [9.17, 15) is 15.0 Å². The Balaban J connectivity index is 2.32. The standard InChI is InChI=1S/C14H13NO5/c1-6-2-7-3-8-12(14(18)9(7)5-15-6)10(16)4-11(20-19)13(8)17/h2-3,5,11,13,17-19H,4H2,1H3. The Kier molecular flexibility index (Phi) is 2.93. The second-order valence-electron chi connectivity index (χ2n) is 4.95. The fraction of sp³-hybridized carbons (Fsp3) is 0.286. The van der Waals surface area contributed by atoms with Crippen LogP contribution >= 0.6 is 0 Å². The number of ketones is 1. The van der Waals surface area contributed by atoms with Gasteiger partial charge in [0, 0.05) is 23.7 Å². The fourth-order valence-electron chi connectivity index (χ4n) is 2.63. The van der Waals surface area contributed by atoms with Crippen LogP contribution in [0.1, 0.15) is 34.1 Å². The van der Waals surface area contributed by atoms with Crippen LogP contribution in [0.4, 0.5) is 0 Å². The first kappa shape index (κ1) is 13.0. The molecule has 1 aliphatic rings. The van der Waals surface area contributed by atoms with Crippen molar-refractivity contribution >= 4 is 16.6 Å². The summed E-state index contributed by atoms with van der Waals surface area (Å²) in [5.74, 6) is -0.574. The van der Waals surface area contributed by atoms with Crippen LogP contribution in [0.15, 0.2) is 18.3 Å². The van der Waals surface area contributed by atoms with Crippen LogP contribution in [0.25, 0.3) is 10.8 Å². The molecule has 0 amide bonds. The molecule has 2 atom stereocenters. The number of aliphatic hydroxyl groups is 1. The summed E-state index contributed by atoms with van der Waals surface area (Å²) in [4.78, 5) is 20.3. The molecule has 3 rings (SSSR count). The second-order valence-corrected chi connectivity index (χ2v) is 4.95. The van der Waals surface area contributed by atoms with Gasteiger partial charge in [0.1, 0.15) is 18.0 Å². The summed E-state index contributed by atoms with van der Waals surface area (Å²) in [6.45, 7) is 1.80. The van der Waals surface area contributed by atoms with Crippen molar-refractivity contribution in [1.29, 1.82) is 0 Å². The molecule has 0 fully saturated rings. The Morgan fingerprint density at radius 1 is 1.40 bits per heavy atom. The van der Waals surface area contributed by atoms with Crippen molar-refractivity contribution in [2.24, 2.45) is 0 Å². The lowest BCUT2D eigenvalue weighted by Crippen LogP contribution is -2.31. The zero-order valence-corrected chi connectivity index (χ0v) is 10.7. The molecule has 0 spiro atoms. The van der Waals surface area contributed by atoms with Crippen molar-refractivity contribution < 1.29 is 25.2 Å². The topological polar surface area (TPSA) is 99.9 Å². The van der Waals surface area contributed by atoms with E-state index in [4.69, 9.17) is 5.26 Å². The number of rotatable bonds is 1. The van der Waals surface area contributed by atoms with Crippen molar-refractivity contribution in [1.82, 2.24) is 4.98 Å². The third-order valence-corrected chi connectivity index (χ3v) is 3.64. The van der Waals surface area contributed by atoms with Crippen LogP contribution in [-0.4, -0.2) is 32.3 Å². The van der Waals surface area contributed by atoms with E-state index in [1.807, 2.05) is 0 Å². The summed E-state index contributed by atoms with van der Waals surface area (Å²) in [6, 6.07) is 3.36. The Hall–Kier alpha value is -2.02. The number of pyridine rings is 1. The number of phenols is 1. The molecule has 20 heavy (non-hydrogen) atoms. The van der Waals surface area contributed by atoms with Crippen LogP contribution in [0.5, 0.6) is 5.75 Å². The third-order valence-electron chi connectivity index (χ3n) is 3.64. The molecule has 0 saturated heterocycles. The number of nitrogens with zero attached hydrogens (tertiary/aromatic N) is 1. The minimum Gasteiger partial charge on any atom is -0.506 e. The Labute approximate surface area is 114 Å². The van der Waals surface area contributed by atoms with Crippen molar-refractivity contribution in [2.75, 3.05) is 0 Å². The molecule has 1 aliphatic carbocycles. The number of carbonyl (C=O) groups excluding carboxylic acids is 1. The summed E-state index contributed by atoms with van der Waals surface area (Å²) < 4.78 is 0. The first-order chi connectivity index (χ1) is 9.52. The predicted octanol–water partition coefficient (Wildman–Crippen LogP) is 1.73. The predicted molar refractivity (Wildman–Crippen MR) is 69.6 cm³/mol. The van der Waals surface area contributed by atoms with Gasteiger partial charge in [-0.1, -0.05) is 0 Å². The van der Waals surface area contributed by atoms with Crippen LogP contribution in [0, 0.1) is 6.92 Å². The van der Waals surface area contributed by atoms with E-state index in [2.05, 4.69) is 9.87 Å². The van der Waals surface area contributed by atoms with E-state index in [-0.39, 0.29) is 29.1 Å². The largest absolute Gasteiger partial charge is 0.506 e. The summed E-state index contributed by atoms with van der Waals surface area (Å²) in [5.41, 5.74) is 1.09. The lowest BCUT2D eigenvalue weighted by Gasteiger charge is -2.27. The van der Waals surface area contributed by atoms with Crippen molar-refractivity contribution in [3.05, 3.63) is 35.2 Å². The summed E-state index contributed by atoms with van der Waals surface area (Å²) in [7, 11) is 0. The maximum Gasteiger partial charge on any atom is 0.169 e. The summed E-state index contributed by atoms with van der Waals surface area (Å²) in [6.07, 6.45) is -0.885. The molecule has 6 heteroatoms. The van der Waals surface area contributed by atoms with Crippen molar-refractivity contribution in [3.8, 4) is 5.75 Å². The number of aromatic nitrogens is 1. The van der Waals surface area contributed by atoms with Gasteiger partial charge in [-0.15, -0.1) is 0 Å². The van der Waals surface area contributed by atoms with Gasteiger partial charge >= 0.3 is 0 Å². The van der Waals surface area contributed by atoms with Gasteiger partial charge in [-0.2, -0.15) is 0 Å². The molecule has 0 saturated carbocycles. The number of aliphatic hydroxyl groups excluding tert-OH is 1. The summed E-state index contributed by atoms with van der Waals surface area (Å²) >= 11 is 0. The molecule has 3 N–H and O–H groups in total. The van der Waals surface area contributed by atoms with E-state index in [0.717, 1.165) is 5.69 Å². The molecule has 0 aliphatic heterocycles. The minimum atomic E-state index is -1.17. The zero-order valence-electron chi connectivity index (χ0n) is 10.7. The number of aromatic hydroxyl groups is 1. The van der Waals surface area contributed by atoms with Crippen LogP contribution in [-0.2, 0) is 4.89 Å². The smallest absolute Gasteiger partial charge is 0.169 e. The average molecular weight is 275 g/mol. The number of carbonyl (C=O) groups is 1. The van der Waals surface area contributed by atoms with Crippen molar-refractivity contribution in [2.45, 2.75) is 25.6 Å². The number of phenolic OH excluding ortho intramolecular Hbond substituents is 1. The van der Waals surface area contributed by atoms with Crippen LogP contribution in [0.2, 0.25) is 0 Å². The minimum absolute atomic E-state index is 0.0731. The zero-order chi connectivity index (χ0) is 14.4. The van der Waals surface area contributed by atoms with E-state index in [1.54, 1.807) is 19.1 Å². The maximum atomic E-state index is 12.0. The highest BCUT2D eigenvalue weighted by atomic mass is 17.1. The molecule has 1 heterocycles. The molecule has 1 aromatic heterocycles. The van der Waals surface area contributed by atoms with Gasteiger partial charge in [-0.25, -0.2) is 4.89 Å². The number of Topliss-reactive ketones (excluding diaryl/α,β-unsaturated/α-hetero) is 1. The number of aryl methyl sites for hydroxylation is 1. The van der Waals surface area contributed by atoms with E-state index in [1.165, 1.54) is 6.20 Å². The molecule has 0 radical (unpaired) electrons. The molecule has 2 aromatic rings. The average Bonchev–Trinajstić information content (AvgIpc) is 2.42. The highest BCUT2D eigenvalue weighted by Gasteiger charge is 2.36. The summed E-state index contributed by atoms with van der Waals surface area (Å²) in [5, 5.41) is 30.3. The normalized spacial score (nSPS) is 22.1. The van der Waals surface area contributed by atoms with E-state index < -0.39 is 12.2 Å². The molecule has 1 aromatic carbocycles. The first-order valence-electron chi connectivity index (χ1n) is 6.16. The maximum absolute atomic E-state index is 12.0. The van der Waals surface area contributed by atoms with Crippen molar-refractivity contribution in [3.63, 3.8) is 0 Å². The number of hydrogen-bond donors (Lipinski definition) is 3. The molecular formula is C14H13NO5. The highest BCUT2D eigenvalue weighted by Crippen LogP contribution is 2.40. The molecule has 104 valence electrons. The van der Waals surface area contributed by atoms with E-state index in [0.29, 0.717) is 10.8 Å². The number of hydrogen-bond acceptors (Lipinski definition) is 6. The molecule has 2 unspecified atom stereocenters. The van der Waals surface area contributed by atoms with Crippen LogP contribution in [0.3, 0.4) is 0 Å². The van der Waals surface area contributed by atoms with Gasteiger partial charge in [0.25, 0.3) is 0 Å². The van der Waals surface area contributed by atoms with Crippen LogP contribution < -0.4 is 0 Å². The number of fused-ring (bicyclic) bond motifs is 2. The quantitative estimate of drug-likeness (QED) is 0.541. The van der Waals surface area contributed by atoms with Gasteiger partial charge in [-0.3, -0.25) is 15.0 Å². The Morgan fingerprint density at radius 2 is 2.15 bits per heavy atom. The molecular weight excluding hydrogens is 262 g/mol. The SMILES string of the molecule is Cc1cc2cc3c(c(O)c2cn1)C(=O)CC(OO)C3O. The monoisotopic (exact) mass is 275 g/mol. The second kappa shape index (κ2) is 4.52. The lowest BCUT2D eigenvalue weighted by atomic mass is 9.84. The lowest BCUT2D eigenvalue weighted by molar-refractivity contribution is -0.297. The highest BCUT2D eigenvalue weighted by molar-refractivity contribution is 6.07. The Morgan fingerprint density at radius 3 is 2.85 bits per heavy atom. The fourth-order valence-corrected chi connectivity index (χ4v) is 2.63.